The Morgan fingerprint density at radius 3 is 2.52 bits per heavy atom. The third-order valence-electron chi connectivity index (χ3n) is 6.76. The monoisotopic (exact) mass is 409 g/mol. The van der Waals surface area contributed by atoms with Gasteiger partial charge in [0.15, 0.2) is 5.96 Å². The van der Waals surface area contributed by atoms with Crippen LogP contribution in [0.2, 0.25) is 0 Å². The summed E-state index contributed by atoms with van der Waals surface area (Å²) in [6, 6.07) is 0. The van der Waals surface area contributed by atoms with Gasteiger partial charge in [0.2, 0.25) is 0 Å². The Hall–Kier alpha value is -0.850. The standard InChI is InChI=1S/C23H43N3O3/c1-3-27-22(19-8-4-5-9-19)11-14-25-23(24-2)26-15-12-20(13-16-26)29-18-21-10-6-7-17-28-21/h19-22H,3-18H2,1-2H3,(H,24,25). The lowest BCUT2D eigenvalue weighted by molar-refractivity contribution is -0.0721. The fourth-order valence-corrected chi connectivity index (χ4v) is 5.07. The Labute approximate surface area is 177 Å². The molecule has 168 valence electrons. The van der Waals surface area contributed by atoms with E-state index in [1.807, 2.05) is 7.05 Å². The molecule has 0 spiro atoms. The smallest absolute Gasteiger partial charge is 0.193 e. The number of aliphatic imine (C=N–C) groups is 1. The van der Waals surface area contributed by atoms with E-state index in [0.717, 1.165) is 77.0 Å². The quantitative estimate of drug-likeness (QED) is 0.466. The average Bonchev–Trinajstić information content (AvgIpc) is 3.31. The third kappa shape index (κ3) is 7.41. The number of guanidine groups is 1. The molecule has 3 aliphatic rings. The number of ether oxygens (including phenoxy) is 3. The highest BCUT2D eigenvalue weighted by Gasteiger charge is 2.26. The first-order valence-electron chi connectivity index (χ1n) is 12.1. The van der Waals surface area contributed by atoms with E-state index in [0.29, 0.717) is 18.3 Å². The molecule has 2 saturated heterocycles. The van der Waals surface area contributed by atoms with Crippen LogP contribution in [0.5, 0.6) is 0 Å². The summed E-state index contributed by atoms with van der Waals surface area (Å²) < 4.78 is 18.0. The molecule has 6 heteroatoms. The minimum absolute atomic E-state index is 0.314. The van der Waals surface area contributed by atoms with Crippen LogP contribution in [-0.2, 0) is 14.2 Å². The summed E-state index contributed by atoms with van der Waals surface area (Å²) in [5.41, 5.74) is 0. The molecular formula is C23H43N3O3. The van der Waals surface area contributed by atoms with Crippen molar-refractivity contribution in [2.75, 3.05) is 46.5 Å². The number of hydrogen-bond donors (Lipinski definition) is 1. The molecular weight excluding hydrogens is 366 g/mol. The second kappa shape index (κ2) is 12.8. The fraction of sp³-hybridized carbons (Fsp3) is 0.957. The summed E-state index contributed by atoms with van der Waals surface area (Å²) in [7, 11) is 1.89. The predicted octanol–water partition coefficient (Wildman–Crippen LogP) is 3.60. The van der Waals surface area contributed by atoms with Crippen molar-refractivity contribution in [1.82, 2.24) is 10.2 Å². The van der Waals surface area contributed by atoms with Gasteiger partial charge in [-0.25, -0.2) is 0 Å². The number of nitrogens with one attached hydrogen (secondary N) is 1. The van der Waals surface area contributed by atoms with Gasteiger partial charge in [-0.15, -0.1) is 0 Å². The number of piperidine rings is 1. The van der Waals surface area contributed by atoms with Crippen molar-refractivity contribution >= 4 is 5.96 Å². The predicted molar refractivity (Wildman–Crippen MR) is 117 cm³/mol. The summed E-state index contributed by atoms with van der Waals surface area (Å²) >= 11 is 0. The molecule has 1 saturated carbocycles. The second-order valence-electron chi connectivity index (χ2n) is 8.81. The third-order valence-corrected chi connectivity index (χ3v) is 6.76. The Morgan fingerprint density at radius 2 is 1.86 bits per heavy atom. The molecule has 2 aliphatic heterocycles. The van der Waals surface area contributed by atoms with Gasteiger partial charge in [0.25, 0.3) is 0 Å². The minimum Gasteiger partial charge on any atom is -0.378 e. The highest BCUT2D eigenvalue weighted by atomic mass is 16.5. The minimum atomic E-state index is 0.314. The van der Waals surface area contributed by atoms with E-state index in [2.05, 4.69) is 22.1 Å². The van der Waals surface area contributed by atoms with E-state index >= 15 is 0 Å². The molecule has 0 bridgehead atoms. The molecule has 29 heavy (non-hydrogen) atoms. The lowest BCUT2D eigenvalue weighted by Crippen LogP contribution is -2.48. The van der Waals surface area contributed by atoms with Crippen molar-refractivity contribution in [2.24, 2.45) is 10.9 Å². The molecule has 0 aromatic heterocycles. The van der Waals surface area contributed by atoms with Crippen LogP contribution in [0, 0.1) is 5.92 Å². The number of hydrogen-bond acceptors (Lipinski definition) is 4. The van der Waals surface area contributed by atoms with Crippen LogP contribution in [0.15, 0.2) is 4.99 Å². The van der Waals surface area contributed by atoms with Crippen LogP contribution in [-0.4, -0.2) is 75.7 Å². The topological polar surface area (TPSA) is 55.3 Å². The number of nitrogens with zero attached hydrogens (tertiary/aromatic N) is 2. The van der Waals surface area contributed by atoms with E-state index in [-0.39, 0.29) is 0 Å². The summed E-state index contributed by atoms with van der Waals surface area (Å²) in [5, 5.41) is 3.59. The normalized spacial score (nSPS) is 26.1. The van der Waals surface area contributed by atoms with Gasteiger partial charge in [0.1, 0.15) is 0 Å². The molecule has 0 radical (unpaired) electrons. The van der Waals surface area contributed by atoms with Crippen molar-refractivity contribution in [2.45, 2.75) is 89.4 Å². The molecule has 0 aromatic carbocycles. The number of likely N-dealkylation sites (tertiary alicyclic amines) is 1. The Morgan fingerprint density at radius 1 is 1.10 bits per heavy atom. The zero-order valence-electron chi connectivity index (χ0n) is 18.7. The van der Waals surface area contributed by atoms with Crippen molar-refractivity contribution < 1.29 is 14.2 Å². The van der Waals surface area contributed by atoms with Crippen molar-refractivity contribution in [3.8, 4) is 0 Å². The van der Waals surface area contributed by atoms with Crippen molar-refractivity contribution in [3.05, 3.63) is 0 Å². The van der Waals surface area contributed by atoms with E-state index in [1.165, 1.54) is 38.5 Å². The molecule has 1 N–H and O–H groups in total. The highest BCUT2D eigenvalue weighted by Crippen LogP contribution is 2.30. The van der Waals surface area contributed by atoms with E-state index in [1.54, 1.807) is 0 Å². The van der Waals surface area contributed by atoms with Gasteiger partial charge in [0, 0.05) is 39.9 Å². The van der Waals surface area contributed by atoms with E-state index in [4.69, 9.17) is 14.2 Å². The van der Waals surface area contributed by atoms with Gasteiger partial charge >= 0.3 is 0 Å². The lowest BCUT2D eigenvalue weighted by Gasteiger charge is -2.35. The van der Waals surface area contributed by atoms with E-state index in [9.17, 15) is 0 Å². The molecule has 3 rings (SSSR count). The van der Waals surface area contributed by atoms with Crippen molar-refractivity contribution in [3.63, 3.8) is 0 Å². The summed E-state index contributed by atoms with van der Waals surface area (Å²) in [6.45, 7) is 7.54. The van der Waals surface area contributed by atoms with Crippen LogP contribution in [0.3, 0.4) is 0 Å². The van der Waals surface area contributed by atoms with Gasteiger partial charge in [-0.2, -0.15) is 0 Å². The molecule has 2 atom stereocenters. The molecule has 3 fully saturated rings. The zero-order chi connectivity index (χ0) is 20.3. The highest BCUT2D eigenvalue weighted by molar-refractivity contribution is 5.79. The summed E-state index contributed by atoms with van der Waals surface area (Å²) in [4.78, 5) is 6.90. The largest absolute Gasteiger partial charge is 0.378 e. The molecule has 0 amide bonds. The fourth-order valence-electron chi connectivity index (χ4n) is 5.07. The van der Waals surface area contributed by atoms with Crippen LogP contribution in [0.1, 0.15) is 71.1 Å². The first kappa shape index (κ1) is 22.8. The second-order valence-corrected chi connectivity index (χ2v) is 8.81. The molecule has 0 aromatic rings. The maximum atomic E-state index is 6.15. The molecule has 1 aliphatic carbocycles. The van der Waals surface area contributed by atoms with Gasteiger partial charge in [-0.1, -0.05) is 12.8 Å². The lowest BCUT2D eigenvalue weighted by atomic mass is 9.98. The number of rotatable bonds is 9. The van der Waals surface area contributed by atoms with Crippen LogP contribution >= 0.6 is 0 Å². The van der Waals surface area contributed by atoms with Gasteiger partial charge in [-0.3, -0.25) is 4.99 Å². The van der Waals surface area contributed by atoms with Gasteiger partial charge in [-0.05, 0) is 64.2 Å². The summed E-state index contributed by atoms with van der Waals surface area (Å²) in [6.07, 6.45) is 13.3. The maximum Gasteiger partial charge on any atom is 0.193 e. The van der Waals surface area contributed by atoms with Gasteiger partial charge in [0.05, 0.1) is 24.9 Å². The molecule has 2 unspecified atom stereocenters. The van der Waals surface area contributed by atoms with Crippen molar-refractivity contribution in [1.29, 1.82) is 0 Å². The Balaban J connectivity index is 1.34. The Kier molecular flexibility index (Phi) is 10.0. The maximum absolute atomic E-state index is 6.15. The van der Waals surface area contributed by atoms with Gasteiger partial charge < -0.3 is 24.4 Å². The van der Waals surface area contributed by atoms with Crippen LogP contribution < -0.4 is 5.32 Å². The van der Waals surface area contributed by atoms with Crippen LogP contribution in [0.4, 0.5) is 0 Å². The van der Waals surface area contributed by atoms with Crippen LogP contribution in [0.25, 0.3) is 0 Å². The summed E-state index contributed by atoms with van der Waals surface area (Å²) in [5.74, 6) is 1.78. The SMILES string of the molecule is CCOC(CCNC(=NC)N1CCC(OCC2CCCCO2)CC1)C1CCCC1. The molecule has 2 heterocycles. The zero-order valence-corrected chi connectivity index (χ0v) is 18.7. The van der Waals surface area contributed by atoms with E-state index < -0.39 is 0 Å². The first-order valence-corrected chi connectivity index (χ1v) is 12.1. The molecule has 6 nitrogen and oxygen atoms in total. The Bertz CT molecular complexity index is 468. The average molecular weight is 410 g/mol. The first-order chi connectivity index (χ1) is 14.3.